The molecule has 0 radical (unpaired) electrons. The van der Waals surface area contributed by atoms with Crippen LogP contribution in [0.2, 0.25) is 0 Å². The molecule has 0 atom stereocenters. The molecule has 11 heavy (non-hydrogen) atoms. The molecule has 1 heterocycles. The molecule has 0 aliphatic carbocycles. The van der Waals surface area contributed by atoms with E-state index in [1.54, 1.807) is 0 Å². The smallest absolute Gasteiger partial charge is 0.316 e. The average molecular weight is 172 g/mol. The quantitative estimate of drug-likeness (QED) is 0.555. The number of primary amides is 1. The third kappa shape index (κ3) is 2.27. The first-order valence-electron chi connectivity index (χ1n) is 3.12. The lowest BCUT2D eigenvalue weighted by molar-refractivity contribution is -0.107. The summed E-state index contributed by atoms with van der Waals surface area (Å²) < 4.78 is 0. The van der Waals surface area contributed by atoms with E-state index >= 15 is 0 Å². The Morgan fingerprint density at radius 2 is 2.45 bits per heavy atom. The average Bonchev–Trinajstić information content (AvgIpc) is 2.31. The van der Waals surface area contributed by atoms with Gasteiger partial charge >= 0.3 is 6.03 Å². The van der Waals surface area contributed by atoms with Gasteiger partial charge in [0.05, 0.1) is 0 Å². The molecule has 60 valence electrons. The molecule has 1 saturated heterocycles. The highest BCUT2D eigenvalue weighted by Gasteiger charge is 2.17. The summed E-state index contributed by atoms with van der Waals surface area (Å²) in [6.45, 7) is 0. The van der Waals surface area contributed by atoms with Crippen LogP contribution >= 0.6 is 11.8 Å². The van der Waals surface area contributed by atoms with Gasteiger partial charge in [-0.2, -0.15) is 0 Å². The van der Waals surface area contributed by atoms with Crippen molar-refractivity contribution in [2.75, 3.05) is 5.75 Å². The number of urea groups is 1. The van der Waals surface area contributed by atoms with Gasteiger partial charge in [0.2, 0.25) is 5.12 Å². The van der Waals surface area contributed by atoms with E-state index in [0.717, 1.165) is 5.75 Å². The van der Waals surface area contributed by atoms with E-state index in [2.05, 4.69) is 5.32 Å². The van der Waals surface area contributed by atoms with Crippen molar-refractivity contribution in [3.8, 4) is 0 Å². The monoisotopic (exact) mass is 172 g/mol. The first kappa shape index (κ1) is 8.13. The molecule has 3 N–H and O–H groups in total. The minimum atomic E-state index is -0.637. The van der Waals surface area contributed by atoms with E-state index in [1.165, 1.54) is 18.0 Å². The maximum atomic E-state index is 10.9. The molecule has 0 saturated carbocycles. The molecular weight excluding hydrogens is 164 g/mol. The molecule has 0 aromatic carbocycles. The maximum absolute atomic E-state index is 10.9. The van der Waals surface area contributed by atoms with Crippen molar-refractivity contribution < 1.29 is 9.59 Å². The Labute approximate surface area is 68.2 Å². The topological polar surface area (TPSA) is 72.2 Å². The van der Waals surface area contributed by atoms with E-state index < -0.39 is 6.03 Å². The van der Waals surface area contributed by atoms with Crippen LogP contribution in [0, 0.1) is 0 Å². The zero-order chi connectivity index (χ0) is 8.27. The molecule has 5 heteroatoms. The number of nitrogens with one attached hydrogen (secondary N) is 1. The van der Waals surface area contributed by atoms with Gasteiger partial charge in [-0.3, -0.25) is 4.79 Å². The molecule has 0 aromatic heterocycles. The van der Waals surface area contributed by atoms with E-state index in [-0.39, 0.29) is 5.12 Å². The highest BCUT2D eigenvalue weighted by Crippen LogP contribution is 2.23. The summed E-state index contributed by atoms with van der Waals surface area (Å²) in [6.07, 6.45) is 2.09. The van der Waals surface area contributed by atoms with E-state index in [4.69, 9.17) is 5.73 Å². The van der Waals surface area contributed by atoms with Gasteiger partial charge in [0.15, 0.2) is 0 Å². The number of nitrogens with two attached hydrogens (primary N) is 1. The van der Waals surface area contributed by atoms with Crippen molar-refractivity contribution in [2.45, 2.75) is 6.42 Å². The number of hydrogen-bond acceptors (Lipinski definition) is 3. The van der Waals surface area contributed by atoms with Crippen LogP contribution in [0.3, 0.4) is 0 Å². The van der Waals surface area contributed by atoms with E-state index in [9.17, 15) is 9.59 Å². The van der Waals surface area contributed by atoms with Gasteiger partial charge in [0.1, 0.15) is 0 Å². The first-order valence-corrected chi connectivity index (χ1v) is 4.11. The van der Waals surface area contributed by atoms with Crippen LogP contribution in [0.15, 0.2) is 11.8 Å². The second-order valence-corrected chi connectivity index (χ2v) is 3.13. The Hall–Kier alpha value is -0.970. The van der Waals surface area contributed by atoms with Gasteiger partial charge in [-0.1, -0.05) is 11.8 Å². The number of hydrogen-bond donors (Lipinski definition) is 2. The van der Waals surface area contributed by atoms with E-state index in [0.29, 0.717) is 12.0 Å². The van der Waals surface area contributed by atoms with Gasteiger partial charge < -0.3 is 11.1 Å². The lowest BCUT2D eigenvalue weighted by Gasteiger charge is -1.93. The molecular formula is C6H8N2O2S. The van der Waals surface area contributed by atoms with Gasteiger partial charge in [-0.05, 0) is 6.42 Å². The summed E-state index contributed by atoms with van der Waals surface area (Å²) in [5, 5.41) is 2.29. The Balaban J connectivity index is 2.52. The van der Waals surface area contributed by atoms with Gasteiger partial charge in [-0.15, -0.1) is 0 Å². The number of rotatable bonds is 1. The van der Waals surface area contributed by atoms with Gasteiger partial charge in [-0.25, -0.2) is 4.79 Å². The summed E-state index contributed by atoms with van der Waals surface area (Å²) in [4.78, 5) is 21.1. The highest BCUT2D eigenvalue weighted by atomic mass is 32.2. The lowest BCUT2D eigenvalue weighted by atomic mass is 10.2. The van der Waals surface area contributed by atoms with Crippen LogP contribution in [-0.2, 0) is 4.79 Å². The second kappa shape index (κ2) is 3.43. The second-order valence-electron chi connectivity index (χ2n) is 2.06. The summed E-state index contributed by atoms with van der Waals surface area (Å²) in [5.41, 5.74) is 5.44. The summed E-state index contributed by atoms with van der Waals surface area (Å²) in [7, 11) is 0. The minimum absolute atomic E-state index is 0.0266. The van der Waals surface area contributed by atoms with Crippen LogP contribution in [0.4, 0.5) is 4.79 Å². The molecule has 1 aliphatic heterocycles. The van der Waals surface area contributed by atoms with Crippen LogP contribution in [0.25, 0.3) is 0 Å². The van der Waals surface area contributed by atoms with Crippen LogP contribution in [0.1, 0.15) is 6.42 Å². The van der Waals surface area contributed by atoms with Gasteiger partial charge in [0.25, 0.3) is 0 Å². The molecule has 0 aromatic rings. The number of amides is 2. The maximum Gasteiger partial charge on any atom is 0.316 e. The molecule has 2 amide bonds. The van der Waals surface area contributed by atoms with Crippen molar-refractivity contribution in [3.05, 3.63) is 11.8 Å². The van der Waals surface area contributed by atoms with Crippen LogP contribution in [-0.4, -0.2) is 16.9 Å². The molecule has 1 rings (SSSR count). The summed E-state index contributed by atoms with van der Waals surface area (Å²) in [6, 6.07) is -0.637. The van der Waals surface area contributed by atoms with Gasteiger partial charge in [0, 0.05) is 17.5 Å². The molecule has 1 fully saturated rings. The molecule has 0 bridgehead atoms. The largest absolute Gasteiger partial charge is 0.351 e. The van der Waals surface area contributed by atoms with Crippen molar-refractivity contribution >= 4 is 22.9 Å². The Morgan fingerprint density at radius 3 is 2.91 bits per heavy atom. The first-order chi connectivity index (χ1) is 5.20. The number of carbonyl (C=O) groups is 2. The number of thioether (sulfide) groups is 1. The zero-order valence-corrected chi connectivity index (χ0v) is 6.61. The predicted octanol–water partition coefficient (Wildman–Crippen LogP) is 0.202. The van der Waals surface area contributed by atoms with Crippen molar-refractivity contribution in [2.24, 2.45) is 5.73 Å². The zero-order valence-electron chi connectivity index (χ0n) is 5.79. The van der Waals surface area contributed by atoms with Crippen LogP contribution in [0.5, 0.6) is 0 Å². The lowest BCUT2D eigenvalue weighted by Crippen LogP contribution is -2.24. The molecule has 0 unspecified atom stereocenters. The summed E-state index contributed by atoms with van der Waals surface area (Å²) in [5.74, 6) is 0.797. The summed E-state index contributed by atoms with van der Waals surface area (Å²) >= 11 is 1.26. The molecule has 0 spiro atoms. The SMILES string of the molecule is NC(=O)N/C=C1/CCSC1=O. The highest BCUT2D eigenvalue weighted by molar-refractivity contribution is 8.14. The number of carbonyl (C=O) groups excluding carboxylic acids is 2. The fourth-order valence-electron chi connectivity index (χ4n) is 0.738. The van der Waals surface area contributed by atoms with Crippen molar-refractivity contribution in [3.63, 3.8) is 0 Å². The van der Waals surface area contributed by atoms with Crippen LogP contribution < -0.4 is 11.1 Å². The fraction of sp³-hybridized carbons (Fsp3) is 0.333. The van der Waals surface area contributed by atoms with Crippen molar-refractivity contribution in [1.29, 1.82) is 0 Å². The Bertz CT molecular complexity index is 225. The molecule has 1 aliphatic rings. The van der Waals surface area contributed by atoms with Crippen molar-refractivity contribution in [1.82, 2.24) is 5.32 Å². The minimum Gasteiger partial charge on any atom is -0.351 e. The third-order valence-corrected chi connectivity index (χ3v) is 2.19. The fourth-order valence-corrected chi connectivity index (χ4v) is 1.59. The standard InChI is InChI=1S/C6H8N2O2S/c7-6(10)8-3-4-1-2-11-5(4)9/h3H,1-2H2,(H3,7,8,10)/b4-3-. The third-order valence-electron chi connectivity index (χ3n) is 1.26. The molecule has 4 nitrogen and oxygen atoms in total. The van der Waals surface area contributed by atoms with E-state index in [1.807, 2.05) is 0 Å². The normalized spacial score (nSPS) is 20.7. The Kier molecular flexibility index (Phi) is 2.53. The Morgan fingerprint density at radius 1 is 1.73 bits per heavy atom. The predicted molar refractivity (Wildman–Crippen MR) is 42.9 cm³/mol.